The number of rotatable bonds is 22. The Labute approximate surface area is 674 Å². The minimum absolute atomic E-state index is 0.820. The van der Waals surface area contributed by atoms with Gasteiger partial charge in [-0.3, -0.25) is 0 Å². The average molecular weight is 1480 g/mol. The van der Waals surface area contributed by atoms with Crippen LogP contribution in [0.5, 0.6) is 0 Å². The summed E-state index contributed by atoms with van der Waals surface area (Å²) < 4.78 is 0. The predicted molar refractivity (Wildman–Crippen MR) is 483 cm³/mol. The lowest BCUT2D eigenvalue weighted by Crippen LogP contribution is -2.25. The normalized spacial score (nSPS) is 38.1. The van der Waals surface area contributed by atoms with Gasteiger partial charge in [0.15, 0.2) is 0 Å². The van der Waals surface area contributed by atoms with E-state index in [-0.39, 0.29) is 0 Å². The summed E-state index contributed by atoms with van der Waals surface area (Å²) in [5.74, 6) is 23.0. The SMILES string of the molecule is C/C=C/C1CCC(C2CCC(/C=C/C)CC2)CC1.C/C=C/C1CCC(C2CCC(/C=C/CC)CC2)CC1.C=CC1CCC(C2CCC(/C=C/C)CC2)CC1.C=CC1CCC(C2CCC(/C=C/CC)CC2)CC1.C=CC1CCC(C2CCC(C=C)CC2)CC1.CC/C=C/C1CCC(C2CCC(/C=C/CC)CC2)CC1. The molecule has 612 valence electrons. The van der Waals surface area contributed by atoms with Crippen molar-refractivity contribution in [1.29, 1.82) is 0 Å². The Hall–Kier alpha value is -3.12. The zero-order valence-corrected chi connectivity index (χ0v) is 73.0. The molecule has 0 atom stereocenters. The maximum Gasteiger partial charge on any atom is -0.0233 e. The summed E-state index contributed by atoms with van der Waals surface area (Å²) in [6.07, 6.45) is 122. The molecule has 0 bridgehead atoms. The van der Waals surface area contributed by atoms with E-state index in [1.165, 1.54) is 334 Å². The molecule has 0 spiro atoms. The third kappa shape index (κ3) is 34.1. The Kier molecular flexibility index (Phi) is 47.2. The van der Waals surface area contributed by atoms with Crippen LogP contribution in [-0.4, -0.2) is 0 Å². The summed E-state index contributed by atoms with van der Waals surface area (Å²) in [6, 6.07) is 0. The second kappa shape index (κ2) is 55.4. The molecule has 0 amide bonds. The van der Waals surface area contributed by atoms with E-state index in [0.29, 0.717) is 0 Å². The Morgan fingerprint density at radius 1 is 0.157 bits per heavy atom. The van der Waals surface area contributed by atoms with Crippen molar-refractivity contribution in [3.63, 3.8) is 0 Å². The van der Waals surface area contributed by atoms with Crippen LogP contribution in [-0.2, 0) is 0 Å². The molecule has 0 aromatic heterocycles. The van der Waals surface area contributed by atoms with Gasteiger partial charge < -0.3 is 0 Å². The van der Waals surface area contributed by atoms with Crippen molar-refractivity contribution in [3.8, 4) is 0 Å². The molecule has 0 aromatic rings. The molecule has 0 heterocycles. The molecule has 0 nitrogen and oxygen atoms in total. The molecule has 0 aromatic carbocycles. The smallest absolute Gasteiger partial charge is 0.0233 e. The Bertz CT molecular complexity index is 2400. The van der Waals surface area contributed by atoms with Crippen LogP contribution in [0.2, 0.25) is 0 Å². The van der Waals surface area contributed by atoms with E-state index >= 15 is 0 Å². The second-order valence-electron chi connectivity index (χ2n) is 38.5. The number of hydrogen-bond donors (Lipinski definition) is 0. The first kappa shape index (κ1) is 92.1. The lowest BCUT2D eigenvalue weighted by atomic mass is 9.69. The summed E-state index contributed by atoms with van der Waals surface area (Å²) in [5, 5.41) is 0. The van der Waals surface area contributed by atoms with Crippen molar-refractivity contribution >= 4 is 0 Å². The van der Waals surface area contributed by atoms with Gasteiger partial charge in [-0.05, 0) is 504 Å². The second-order valence-corrected chi connectivity index (χ2v) is 38.5. The molecular formula is C108H180. The van der Waals surface area contributed by atoms with Crippen LogP contribution in [0.25, 0.3) is 0 Å². The van der Waals surface area contributed by atoms with Crippen LogP contribution in [0.3, 0.4) is 0 Å². The van der Waals surface area contributed by atoms with Crippen molar-refractivity contribution < 1.29 is 0 Å². The van der Waals surface area contributed by atoms with Crippen molar-refractivity contribution in [2.45, 2.75) is 389 Å². The van der Waals surface area contributed by atoms with Gasteiger partial charge in [0.2, 0.25) is 0 Å². The molecule has 0 N–H and O–H groups in total. The highest BCUT2D eigenvalue weighted by Crippen LogP contribution is 2.48. The summed E-state index contributed by atoms with van der Waals surface area (Å²) in [4.78, 5) is 0. The average Bonchev–Trinajstić information content (AvgIpc) is 1.57. The fourth-order valence-electron chi connectivity index (χ4n) is 24.3. The lowest BCUT2D eigenvalue weighted by Gasteiger charge is -2.37. The van der Waals surface area contributed by atoms with E-state index in [9.17, 15) is 0 Å². The van der Waals surface area contributed by atoms with Gasteiger partial charge in [0.25, 0.3) is 0 Å². The molecule has 12 aliphatic rings. The molecule has 12 fully saturated rings. The standard InChI is InChI=1S/C20H34.C19H32.2C18H30.C17H28.C16H26/c1-3-5-7-17-9-13-19(14-10-17)20-15-11-18(12-16-20)8-6-4-2;1-3-5-7-17-10-14-19(15-11-17)18-12-8-16(6-4-2)9-13-18;1-3-5-6-16-9-13-18(14-10-16)17-11-7-15(4-2)8-12-17;1-3-5-15-7-11-17(12-8-15)18-13-9-16(6-4-2)10-14-18;1-3-5-15-8-12-17(13-9-15)16-10-6-14(4-2)7-11-16;1-3-13-5-9-15(10-6-13)16-11-7-14(4-2)8-12-16/h5-8,17-20H,3-4,9-16H2,1-2H3;4-7,16-19H,3,8-15H2,1-2H3;4-6,15-18H,2-3,7-14H2,1H3;3-6,15-18H,7-14H2,1-2H3;3-5,14-17H,2,6-13H2,1H3;3-4,13-16H,1-2,5-12H2/b7-5+,8-6+;6-4+,7-5+;6-5+;5-3+,6-4+;5-3+;. The van der Waals surface area contributed by atoms with Crippen molar-refractivity contribution in [2.75, 3.05) is 0 Å². The topological polar surface area (TPSA) is 0 Å². The highest BCUT2D eigenvalue weighted by Gasteiger charge is 2.36. The third-order valence-electron chi connectivity index (χ3n) is 31.6. The minimum Gasteiger partial charge on any atom is -0.103 e. The predicted octanol–water partition coefficient (Wildman–Crippen LogP) is 34.5. The molecule has 0 aliphatic heterocycles. The van der Waals surface area contributed by atoms with E-state index in [0.717, 1.165) is 142 Å². The molecule has 12 aliphatic carbocycles. The van der Waals surface area contributed by atoms with Crippen molar-refractivity contribution in [1.82, 2.24) is 0 Å². The van der Waals surface area contributed by atoms with Gasteiger partial charge >= 0.3 is 0 Å². The monoisotopic (exact) mass is 1480 g/mol. The van der Waals surface area contributed by atoms with Gasteiger partial charge in [0, 0.05) is 0 Å². The van der Waals surface area contributed by atoms with Gasteiger partial charge in [0.05, 0.1) is 0 Å². The number of hydrogen-bond acceptors (Lipinski definition) is 0. The van der Waals surface area contributed by atoms with Crippen LogP contribution in [0, 0.1) is 142 Å². The van der Waals surface area contributed by atoms with E-state index in [2.05, 4.69) is 203 Å². The van der Waals surface area contributed by atoms with E-state index < -0.39 is 0 Å². The summed E-state index contributed by atoms with van der Waals surface area (Å²) >= 11 is 0. The minimum atomic E-state index is 0.820. The fourth-order valence-corrected chi connectivity index (χ4v) is 24.3. The third-order valence-corrected chi connectivity index (χ3v) is 31.6. The maximum absolute atomic E-state index is 3.95. The highest BCUT2D eigenvalue weighted by molar-refractivity contribution is 5.01. The van der Waals surface area contributed by atoms with Crippen LogP contribution in [0.1, 0.15) is 389 Å². The molecule has 0 unspecified atom stereocenters. The zero-order chi connectivity index (χ0) is 76.8. The number of allylic oxidation sites excluding steroid dienone is 20. The Morgan fingerprint density at radius 3 is 0.352 bits per heavy atom. The van der Waals surface area contributed by atoms with Gasteiger partial charge in [0.1, 0.15) is 0 Å². The largest absolute Gasteiger partial charge is 0.103 e. The summed E-state index contributed by atoms with van der Waals surface area (Å²) in [7, 11) is 0. The molecule has 12 rings (SSSR count). The quantitative estimate of drug-likeness (QED) is 0.0948. The van der Waals surface area contributed by atoms with Gasteiger partial charge in [-0.2, -0.15) is 0 Å². The fraction of sp³-hybridized carbons (Fsp3) is 0.778. The molecule has 0 heteroatoms. The first-order chi connectivity index (χ1) is 53.0. The zero-order valence-electron chi connectivity index (χ0n) is 73.0. The molecular weight excluding hydrogens is 1300 g/mol. The molecule has 0 saturated heterocycles. The van der Waals surface area contributed by atoms with Crippen LogP contribution in [0.15, 0.2) is 148 Å². The van der Waals surface area contributed by atoms with Crippen molar-refractivity contribution in [3.05, 3.63) is 148 Å². The van der Waals surface area contributed by atoms with Gasteiger partial charge in [-0.1, -0.05) is 149 Å². The Morgan fingerprint density at radius 2 is 0.259 bits per heavy atom. The Balaban J connectivity index is 0.000000181. The van der Waals surface area contributed by atoms with Crippen LogP contribution < -0.4 is 0 Å². The van der Waals surface area contributed by atoms with Crippen LogP contribution in [0.4, 0.5) is 0 Å². The highest BCUT2D eigenvalue weighted by atomic mass is 14.4. The van der Waals surface area contributed by atoms with E-state index in [4.69, 9.17) is 0 Å². The van der Waals surface area contributed by atoms with Crippen LogP contribution >= 0.6 is 0 Å². The van der Waals surface area contributed by atoms with E-state index in [1.54, 1.807) is 0 Å². The lowest BCUT2D eigenvalue weighted by molar-refractivity contribution is 0.166. The van der Waals surface area contributed by atoms with Crippen molar-refractivity contribution in [2.24, 2.45) is 142 Å². The van der Waals surface area contributed by atoms with Gasteiger partial charge in [-0.25, -0.2) is 0 Å². The molecule has 0 radical (unpaired) electrons. The summed E-state index contributed by atoms with van der Waals surface area (Å²) in [5.41, 5.74) is 0. The van der Waals surface area contributed by atoms with E-state index in [1.807, 2.05) is 0 Å². The maximum atomic E-state index is 3.95. The molecule has 12 saturated carbocycles. The summed E-state index contributed by atoms with van der Waals surface area (Å²) in [6.45, 7) is 33.4. The first-order valence-corrected chi connectivity index (χ1v) is 48.7. The molecule has 108 heavy (non-hydrogen) atoms. The van der Waals surface area contributed by atoms with Gasteiger partial charge in [-0.15, -0.1) is 26.3 Å². The first-order valence-electron chi connectivity index (χ1n) is 48.7.